The molecule has 0 aliphatic carbocycles. The van der Waals surface area contributed by atoms with Crippen molar-refractivity contribution in [3.05, 3.63) is 59.5 Å². The van der Waals surface area contributed by atoms with E-state index in [0.717, 1.165) is 24.2 Å². The number of nitro groups is 1. The Morgan fingerprint density at radius 2 is 2.00 bits per heavy atom. The molecule has 0 saturated carbocycles. The molecule has 0 radical (unpaired) electrons. The smallest absolute Gasteiger partial charge is 0.276 e. The van der Waals surface area contributed by atoms with Gasteiger partial charge in [-0.25, -0.2) is 0 Å². The zero-order valence-electron chi connectivity index (χ0n) is 14.5. The van der Waals surface area contributed by atoms with E-state index in [1.165, 1.54) is 23.8 Å². The van der Waals surface area contributed by atoms with Crippen molar-refractivity contribution in [3.8, 4) is 6.07 Å². The van der Waals surface area contributed by atoms with Crippen molar-refractivity contribution in [2.45, 2.75) is 12.8 Å². The van der Waals surface area contributed by atoms with E-state index in [1.54, 1.807) is 23.1 Å². The molecular formula is C18H16N4O4S. The lowest BCUT2D eigenvalue weighted by Gasteiger charge is -2.13. The Balaban J connectivity index is 2.20. The van der Waals surface area contributed by atoms with Crippen LogP contribution in [0.3, 0.4) is 0 Å². The van der Waals surface area contributed by atoms with Gasteiger partial charge in [0.05, 0.1) is 15.0 Å². The highest BCUT2D eigenvalue weighted by Gasteiger charge is 2.23. The van der Waals surface area contributed by atoms with Gasteiger partial charge in [-0.2, -0.15) is 5.26 Å². The standard InChI is InChI=1S/C18H16N4O4S/c1-20-17(24)15(10-12-6-2-3-7-14(12)22(25)26)27-18(20)13(11-19)16(23)21-8-4-5-9-21/h2-3,6-7,10H,4-5,8-9H2,1H3/b15-10+,18-13-. The van der Waals surface area contributed by atoms with Crippen LogP contribution in [0.1, 0.15) is 18.4 Å². The molecule has 3 rings (SSSR count). The van der Waals surface area contributed by atoms with Crippen LogP contribution in [0.4, 0.5) is 5.69 Å². The van der Waals surface area contributed by atoms with Gasteiger partial charge < -0.3 is 9.47 Å². The molecular weight excluding hydrogens is 368 g/mol. The third kappa shape index (κ3) is 3.52. The van der Waals surface area contributed by atoms with Crippen molar-refractivity contribution >= 4 is 34.6 Å². The number of hydrogen-bond donors (Lipinski definition) is 0. The van der Waals surface area contributed by atoms with Crippen molar-refractivity contribution in [2.75, 3.05) is 13.1 Å². The van der Waals surface area contributed by atoms with Crippen LogP contribution in [0.15, 0.2) is 29.1 Å². The van der Waals surface area contributed by atoms with Crippen molar-refractivity contribution in [1.82, 2.24) is 9.47 Å². The first kappa shape index (κ1) is 18.5. The Hall–Kier alpha value is -3.25. The molecule has 0 spiro atoms. The quantitative estimate of drug-likeness (QED) is 0.565. The lowest BCUT2D eigenvalue weighted by molar-refractivity contribution is -0.385. The van der Waals surface area contributed by atoms with E-state index in [0.29, 0.717) is 13.1 Å². The van der Waals surface area contributed by atoms with Gasteiger partial charge in [0, 0.05) is 26.2 Å². The first-order chi connectivity index (χ1) is 12.9. The van der Waals surface area contributed by atoms with E-state index in [1.807, 2.05) is 6.07 Å². The van der Waals surface area contributed by atoms with Crippen molar-refractivity contribution in [3.63, 3.8) is 0 Å². The zero-order chi connectivity index (χ0) is 19.6. The summed E-state index contributed by atoms with van der Waals surface area (Å²) in [6.45, 7) is 1.19. The molecule has 2 heterocycles. The SMILES string of the molecule is Cn1c(=O)/c(=C\c2ccccc2[N+](=O)[O-])s/c1=C(/C#N)C(=O)N1CCCC1. The third-order valence-corrected chi connectivity index (χ3v) is 5.56. The first-order valence-corrected chi connectivity index (χ1v) is 9.10. The number of carbonyl (C=O) groups is 1. The first-order valence-electron chi connectivity index (χ1n) is 8.28. The number of amides is 1. The summed E-state index contributed by atoms with van der Waals surface area (Å²) in [6.07, 6.45) is 3.21. The zero-order valence-corrected chi connectivity index (χ0v) is 15.4. The number of nitriles is 1. The van der Waals surface area contributed by atoms with Crippen LogP contribution in [0.25, 0.3) is 11.6 Å². The molecule has 27 heavy (non-hydrogen) atoms. The lowest BCUT2D eigenvalue weighted by atomic mass is 10.2. The summed E-state index contributed by atoms with van der Waals surface area (Å²) in [5, 5.41) is 20.7. The monoisotopic (exact) mass is 384 g/mol. The van der Waals surface area contributed by atoms with Crippen molar-refractivity contribution in [2.24, 2.45) is 7.05 Å². The van der Waals surface area contributed by atoms with E-state index in [9.17, 15) is 25.0 Å². The number of nitro benzene ring substituents is 1. The molecule has 1 aliphatic heterocycles. The number of hydrogen-bond acceptors (Lipinski definition) is 6. The van der Waals surface area contributed by atoms with Crippen molar-refractivity contribution < 1.29 is 9.72 Å². The van der Waals surface area contributed by atoms with E-state index >= 15 is 0 Å². The lowest BCUT2D eigenvalue weighted by Crippen LogP contribution is -2.34. The summed E-state index contributed by atoms with van der Waals surface area (Å²) < 4.78 is 1.73. The minimum atomic E-state index is -0.519. The molecule has 2 aromatic rings. The van der Waals surface area contributed by atoms with Crippen LogP contribution in [-0.2, 0) is 11.8 Å². The molecule has 1 aromatic heterocycles. The minimum absolute atomic E-state index is 0.0799. The molecule has 0 N–H and O–H groups in total. The molecule has 0 unspecified atom stereocenters. The molecule has 138 valence electrons. The number of nitrogens with zero attached hydrogens (tertiary/aromatic N) is 4. The van der Waals surface area contributed by atoms with Crippen LogP contribution < -0.4 is 14.8 Å². The summed E-state index contributed by atoms with van der Waals surface area (Å²) in [4.78, 5) is 37.4. The fourth-order valence-electron chi connectivity index (χ4n) is 2.97. The van der Waals surface area contributed by atoms with Gasteiger partial charge in [0.15, 0.2) is 5.57 Å². The van der Waals surface area contributed by atoms with Crippen LogP contribution >= 0.6 is 11.3 Å². The highest BCUT2D eigenvalue weighted by molar-refractivity contribution is 7.07. The molecule has 1 saturated heterocycles. The average molecular weight is 384 g/mol. The molecule has 0 atom stereocenters. The number of thiazole rings is 1. The molecule has 0 bridgehead atoms. The van der Waals surface area contributed by atoms with Crippen LogP contribution in [0.2, 0.25) is 0 Å². The average Bonchev–Trinajstić information content (AvgIpc) is 3.28. The van der Waals surface area contributed by atoms with Crippen LogP contribution in [0.5, 0.6) is 0 Å². The molecule has 8 nitrogen and oxygen atoms in total. The number of carbonyl (C=O) groups excluding carboxylic acids is 1. The summed E-state index contributed by atoms with van der Waals surface area (Å²) in [5.41, 5.74) is -0.316. The third-order valence-electron chi connectivity index (χ3n) is 4.38. The van der Waals surface area contributed by atoms with Gasteiger partial charge in [0.1, 0.15) is 10.7 Å². The molecule has 9 heteroatoms. The summed E-state index contributed by atoms with van der Waals surface area (Å²) in [5.74, 6) is -0.385. The Morgan fingerprint density at radius 3 is 2.63 bits per heavy atom. The topological polar surface area (TPSA) is 109 Å². The largest absolute Gasteiger partial charge is 0.338 e. The summed E-state index contributed by atoms with van der Waals surface area (Å²) in [6, 6.07) is 8.01. The Morgan fingerprint density at radius 1 is 1.33 bits per heavy atom. The highest BCUT2D eigenvalue weighted by Crippen LogP contribution is 2.18. The van der Waals surface area contributed by atoms with Gasteiger partial charge in [0.25, 0.3) is 17.2 Å². The molecule has 1 amide bonds. The fourth-order valence-corrected chi connectivity index (χ4v) is 4.04. The predicted molar refractivity (Wildman–Crippen MR) is 100 cm³/mol. The normalized spacial score (nSPS) is 15.6. The Labute approximate surface area is 158 Å². The second-order valence-corrected chi connectivity index (χ2v) is 7.11. The van der Waals surface area contributed by atoms with Gasteiger partial charge in [-0.15, -0.1) is 11.3 Å². The van der Waals surface area contributed by atoms with E-state index in [2.05, 4.69) is 0 Å². The second kappa shape index (κ2) is 7.55. The van der Waals surface area contributed by atoms with Crippen LogP contribution in [-0.4, -0.2) is 33.4 Å². The van der Waals surface area contributed by atoms with E-state index < -0.39 is 10.5 Å². The second-order valence-electron chi connectivity index (χ2n) is 6.08. The van der Waals surface area contributed by atoms with Gasteiger partial charge in [-0.1, -0.05) is 12.1 Å². The summed E-state index contributed by atoms with van der Waals surface area (Å²) in [7, 11) is 1.49. The summed E-state index contributed by atoms with van der Waals surface area (Å²) >= 11 is 0.986. The van der Waals surface area contributed by atoms with Gasteiger partial charge in [-0.3, -0.25) is 19.7 Å². The Bertz CT molecular complexity index is 1130. The van der Waals surface area contributed by atoms with Crippen molar-refractivity contribution in [1.29, 1.82) is 5.26 Å². The number of para-hydroxylation sites is 1. The Kier molecular flexibility index (Phi) is 5.19. The van der Waals surface area contributed by atoms with Crippen LogP contribution in [0, 0.1) is 21.4 Å². The number of benzene rings is 1. The number of rotatable bonds is 3. The predicted octanol–water partition coefficient (Wildman–Crippen LogP) is 0.480. The maximum atomic E-state index is 12.6. The maximum Gasteiger partial charge on any atom is 0.276 e. The van der Waals surface area contributed by atoms with Gasteiger partial charge in [-0.05, 0) is 25.0 Å². The van der Waals surface area contributed by atoms with E-state index in [-0.39, 0.29) is 31.9 Å². The number of aromatic nitrogens is 1. The highest BCUT2D eigenvalue weighted by atomic mass is 32.1. The molecule has 1 aromatic carbocycles. The molecule has 1 aliphatic rings. The van der Waals surface area contributed by atoms with Gasteiger partial charge >= 0.3 is 0 Å². The van der Waals surface area contributed by atoms with E-state index in [4.69, 9.17) is 0 Å². The maximum absolute atomic E-state index is 12.6. The fraction of sp³-hybridized carbons (Fsp3) is 0.278. The number of likely N-dealkylation sites (tertiary alicyclic amines) is 1. The van der Waals surface area contributed by atoms with Gasteiger partial charge in [0.2, 0.25) is 0 Å². The minimum Gasteiger partial charge on any atom is -0.338 e. The molecule has 1 fully saturated rings.